The third kappa shape index (κ3) is 7.38. The van der Waals surface area contributed by atoms with Crippen molar-refractivity contribution in [3.8, 4) is 0 Å². The van der Waals surface area contributed by atoms with Gasteiger partial charge in [-0.2, -0.15) is 0 Å². The summed E-state index contributed by atoms with van der Waals surface area (Å²) in [7, 11) is 0. The van der Waals surface area contributed by atoms with E-state index in [1.165, 1.54) is 27.1 Å². The zero-order valence-corrected chi connectivity index (χ0v) is 15.1. The van der Waals surface area contributed by atoms with Crippen LogP contribution in [0.1, 0.15) is 46.6 Å². The number of hydrogen-bond donors (Lipinski definition) is 1. The molecule has 0 heterocycles. The SMILES string of the molecule is CC(C)CCSc1cc(Br)ccc1CNC(C)(C)C. The predicted octanol–water partition coefficient (Wildman–Crippen LogP) is 5.48. The summed E-state index contributed by atoms with van der Waals surface area (Å²) < 4.78 is 1.17. The molecule has 1 aromatic carbocycles. The predicted molar refractivity (Wildman–Crippen MR) is 90.9 cm³/mol. The molecule has 0 aliphatic heterocycles. The molecule has 0 atom stereocenters. The van der Waals surface area contributed by atoms with Crippen LogP contribution in [0.3, 0.4) is 0 Å². The van der Waals surface area contributed by atoms with Gasteiger partial charge in [0, 0.05) is 21.5 Å². The van der Waals surface area contributed by atoms with Gasteiger partial charge in [0.05, 0.1) is 0 Å². The highest BCUT2D eigenvalue weighted by molar-refractivity contribution is 9.10. The summed E-state index contributed by atoms with van der Waals surface area (Å²) >= 11 is 5.54. The Labute approximate surface area is 131 Å². The van der Waals surface area contributed by atoms with E-state index in [-0.39, 0.29) is 5.54 Å². The molecule has 0 saturated carbocycles. The van der Waals surface area contributed by atoms with Gasteiger partial charge in [-0.1, -0.05) is 35.8 Å². The molecule has 0 bridgehead atoms. The maximum Gasteiger partial charge on any atom is 0.0221 e. The molecule has 0 saturated heterocycles. The van der Waals surface area contributed by atoms with Crippen LogP contribution >= 0.6 is 27.7 Å². The summed E-state index contributed by atoms with van der Waals surface area (Å²) in [4.78, 5) is 1.40. The van der Waals surface area contributed by atoms with E-state index in [0.29, 0.717) is 0 Å². The molecule has 0 aliphatic carbocycles. The lowest BCUT2D eigenvalue weighted by atomic mass is 10.1. The van der Waals surface area contributed by atoms with E-state index in [2.05, 4.69) is 74.1 Å². The summed E-state index contributed by atoms with van der Waals surface area (Å²) in [5, 5.41) is 3.57. The fourth-order valence-electron chi connectivity index (χ4n) is 1.57. The second kappa shape index (κ2) is 7.70. The van der Waals surface area contributed by atoms with Crippen LogP contribution in [0.25, 0.3) is 0 Å². The first-order valence-corrected chi connectivity index (χ1v) is 8.72. The molecule has 0 spiro atoms. The van der Waals surface area contributed by atoms with Crippen molar-refractivity contribution >= 4 is 27.7 Å². The van der Waals surface area contributed by atoms with Crippen molar-refractivity contribution in [3.63, 3.8) is 0 Å². The minimum absolute atomic E-state index is 0.160. The van der Waals surface area contributed by atoms with E-state index >= 15 is 0 Å². The molecule has 0 aromatic heterocycles. The topological polar surface area (TPSA) is 12.0 Å². The largest absolute Gasteiger partial charge is 0.308 e. The zero-order valence-electron chi connectivity index (χ0n) is 12.7. The molecule has 1 N–H and O–H groups in total. The average Bonchev–Trinajstić information content (AvgIpc) is 2.26. The van der Waals surface area contributed by atoms with E-state index in [4.69, 9.17) is 0 Å². The maximum absolute atomic E-state index is 3.57. The third-order valence-corrected chi connectivity index (χ3v) is 4.42. The quantitative estimate of drug-likeness (QED) is 0.686. The second-order valence-electron chi connectivity index (χ2n) is 6.39. The van der Waals surface area contributed by atoms with Crippen LogP contribution < -0.4 is 5.32 Å². The van der Waals surface area contributed by atoms with Gasteiger partial charge in [0.1, 0.15) is 0 Å². The van der Waals surface area contributed by atoms with Crippen molar-refractivity contribution in [2.75, 3.05) is 5.75 Å². The lowest BCUT2D eigenvalue weighted by Crippen LogP contribution is -2.35. The standard InChI is InChI=1S/C16H26BrNS/c1-12(2)8-9-19-15-10-14(17)7-6-13(15)11-18-16(3,4)5/h6-7,10,12,18H,8-9,11H2,1-5H3. The van der Waals surface area contributed by atoms with Gasteiger partial charge >= 0.3 is 0 Å². The molecule has 0 unspecified atom stereocenters. The van der Waals surface area contributed by atoms with E-state index in [1.807, 2.05) is 11.8 Å². The van der Waals surface area contributed by atoms with Gasteiger partial charge in [0.15, 0.2) is 0 Å². The van der Waals surface area contributed by atoms with Crippen LogP contribution in [0.2, 0.25) is 0 Å². The van der Waals surface area contributed by atoms with Crippen LogP contribution in [-0.4, -0.2) is 11.3 Å². The Balaban J connectivity index is 2.68. The molecule has 19 heavy (non-hydrogen) atoms. The smallest absolute Gasteiger partial charge is 0.0221 e. The Morgan fingerprint density at radius 2 is 1.95 bits per heavy atom. The first-order chi connectivity index (χ1) is 8.78. The Bertz CT molecular complexity index is 396. The van der Waals surface area contributed by atoms with Crippen LogP contribution in [-0.2, 0) is 6.54 Å². The van der Waals surface area contributed by atoms with Gasteiger partial charge in [-0.15, -0.1) is 11.8 Å². The van der Waals surface area contributed by atoms with Gasteiger partial charge < -0.3 is 5.32 Å². The number of thioether (sulfide) groups is 1. The minimum atomic E-state index is 0.160. The highest BCUT2D eigenvalue weighted by Gasteiger charge is 2.11. The first-order valence-electron chi connectivity index (χ1n) is 6.94. The number of nitrogens with one attached hydrogen (secondary N) is 1. The number of hydrogen-bond acceptors (Lipinski definition) is 2. The summed E-state index contributed by atoms with van der Waals surface area (Å²) in [6, 6.07) is 6.59. The van der Waals surface area contributed by atoms with Crippen LogP contribution in [0.5, 0.6) is 0 Å². The lowest BCUT2D eigenvalue weighted by molar-refractivity contribution is 0.422. The van der Waals surface area contributed by atoms with Gasteiger partial charge in [-0.05, 0) is 56.6 Å². The minimum Gasteiger partial charge on any atom is -0.308 e. The average molecular weight is 344 g/mol. The molecule has 0 aliphatic rings. The van der Waals surface area contributed by atoms with Gasteiger partial charge in [0.25, 0.3) is 0 Å². The van der Waals surface area contributed by atoms with E-state index in [0.717, 1.165) is 12.5 Å². The zero-order chi connectivity index (χ0) is 14.5. The van der Waals surface area contributed by atoms with E-state index in [1.54, 1.807) is 0 Å². The molecule has 1 rings (SSSR count). The van der Waals surface area contributed by atoms with Crippen molar-refractivity contribution < 1.29 is 0 Å². The third-order valence-electron chi connectivity index (χ3n) is 2.79. The molecule has 108 valence electrons. The van der Waals surface area contributed by atoms with Crippen molar-refractivity contribution in [3.05, 3.63) is 28.2 Å². The monoisotopic (exact) mass is 343 g/mol. The van der Waals surface area contributed by atoms with Crippen LogP contribution in [0.4, 0.5) is 0 Å². The highest BCUT2D eigenvalue weighted by Crippen LogP contribution is 2.28. The summed E-state index contributed by atoms with van der Waals surface area (Å²) in [5.41, 5.74) is 1.55. The molecule has 1 nitrogen and oxygen atoms in total. The van der Waals surface area contributed by atoms with Gasteiger partial charge in [-0.25, -0.2) is 0 Å². The fraction of sp³-hybridized carbons (Fsp3) is 0.625. The van der Waals surface area contributed by atoms with Crippen LogP contribution in [0, 0.1) is 5.92 Å². The second-order valence-corrected chi connectivity index (χ2v) is 8.44. The van der Waals surface area contributed by atoms with Gasteiger partial charge in [-0.3, -0.25) is 0 Å². The highest BCUT2D eigenvalue weighted by atomic mass is 79.9. The number of halogens is 1. The van der Waals surface area contributed by atoms with Crippen molar-refractivity contribution in [1.82, 2.24) is 5.32 Å². The molecule has 1 aromatic rings. The number of benzene rings is 1. The molecule has 3 heteroatoms. The maximum atomic E-state index is 3.57. The van der Waals surface area contributed by atoms with Crippen molar-refractivity contribution in [2.24, 2.45) is 5.92 Å². The molecule has 0 fully saturated rings. The molecular formula is C16H26BrNS. The first kappa shape index (κ1) is 17.1. The van der Waals surface area contributed by atoms with Gasteiger partial charge in [0.2, 0.25) is 0 Å². The Kier molecular flexibility index (Phi) is 6.92. The van der Waals surface area contributed by atoms with E-state index in [9.17, 15) is 0 Å². The summed E-state index contributed by atoms with van der Waals surface area (Å²) in [6.07, 6.45) is 1.27. The Morgan fingerprint density at radius 3 is 2.53 bits per heavy atom. The fourth-order valence-corrected chi connectivity index (χ4v) is 3.43. The van der Waals surface area contributed by atoms with Crippen LogP contribution in [0.15, 0.2) is 27.6 Å². The summed E-state index contributed by atoms with van der Waals surface area (Å²) in [6.45, 7) is 12.1. The lowest BCUT2D eigenvalue weighted by Gasteiger charge is -2.21. The summed E-state index contributed by atoms with van der Waals surface area (Å²) in [5.74, 6) is 1.97. The Hall–Kier alpha value is 0.01000. The van der Waals surface area contributed by atoms with Crippen molar-refractivity contribution in [2.45, 2.75) is 58.0 Å². The van der Waals surface area contributed by atoms with Crippen molar-refractivity contribution in [1.29, 1.82) is 0 Å². The molecule has 0 amide bonds. The van der Waals surface area contributed by atoms with E-state index < -0.39 is 0 Å². The number of rotatable bonds is 6. The molecular weight excluding hydrogens is 318 g/mol. The normalized spacial score (nSPS) is 12.2. The Morgan fingerprint density at radius 1 is 1.26 bits per heavy atom. The molecule has 0 radical (unpaired) electrons.